The minimum Gasteiger partial charge on any atom is -0.302 e. The fraction of sp³-hybridized carbons (Fsp3) is 0.333. The van der Waals surface area contributed by atoms with Crippen molar-refractivity contribution in [3.8, 4) is 0 Å². The van der Waals surface area contributed by atoms with Gasteiger partial charge in [-0.1, -0.05) is 37.6 Å². The third-order valence-corrected chi connectivity index (χ3v) is 3.11. The van der Waals surface area contributed by atoms with Crippen molar-refractivity contribution < 1.29 is 0 Å². The number of hydrogen-bond acceptors (Lipinski definition) is 2. The molecule has 0 radical (unpaired) electrons. The van der Waals surface area contributed by atoms with E-state index in [1.807, 2.05) is 0 Å². The fourth-order valence-corrected chi connectivity index (χ4v) is 2.03. The van der Waals surface area contributed by atoms with Crippen LogP contribution in [0.3, 0.4) is 0 Å². The zero-order valence-corrected chi connectivity index (χ0v) is 11.0. The molecule has 1 aromatic heterocycles. The van der Waals surface area contributed by atoms with Crippen LogP contribution in [-0.2, 0) is 19.3 Å². The third kappa shape index (κ3) is 3.68. The van der Waals surface area contributed by atoms with Gasteiger partial charge < -0.3 is 5.10 Å². The van der Waals surface area contributed by atoms with Crippen molar-refractivity contribution in [1.29, 1.82) is 0 Å². The molecular weight excluding hydrogens is 240 g/mol. The largest absolute Gasteiger partial charge is 0.310 e. The zero-order valence-electron chi connectivity index (χ0n) is 11.0. The van der Waals surface area contributed by atoms with E-state index in [9.17, 15) is 9.59 Å². The minimum atomic E-state index is -0.604. The second kappa shape index (κ2) is 6.18. The first kappa shape index (κ1) is 13.3. The van der Waals surface area contributed by atoms with E-state index in [4.69, 9.17) is 0 Å². The average Bonchev–Trinajstić information content (AvgIpc) is 2.42. The van der Waals surface area contributed by atoms with E-state index < -0.39 is 11.0 Å². The Bertz CT molecular complexity index is 638. The van der Waals surface area contributed by atoms with Gasteiger partial charge in [-0.2, -0.15) is 0 Å². The summed E-state index contributed by atoms with van der Waals surface area (Å²) >= 11 is 0. The Morgan fingerprint density at radius 2 is 1.53 bits per heavy atom. The number of hydrogen-bond donors (Lipinski definition) is 2. The van der Waals surface area contributed by atoms with Gasteiger partial charge in [-0.25, -0.2) is 0 Å². The Labute approximate surface area is 111 Å². The van der Waals surface area contributed by atoms with Crippen molar-refractivity contribution in [1.82, 2.24) is 10.2 Å². The van der Waals surface area contributed by atoms with E-state index in [0.717, 1.165) is 25.0 Å². The summed E-state index contributed by atoms with van der Waals surface area (Å²) < 4.78 is 0. The lowest BCUT2D eigenvalue weighted by molar-refractivity contribution is 0.837. The topological polar surface area (TPSA) is 65.7 Å². The molecule has 0 bridgehead atoms. The zero-order chi connectivity index (χ0) is 13.7. The van der Waals surface area contributed by atoms with E-state index in [1.165, 1.54) is 17.2 Å². The predicted molar refractivity (Wildman–Crippen MR) is 75.5 cm³/mol. The van der Waals surface area contributed by atoms with E-state index in [0.29, 0.717) is 6.42 Å². The van der Waals surface area contributed by atoms with Gasteiger partial charge in [0.25, 0.3) is 0 Å². The quantitative estimate of drug-likeness (QED) is 0.803. The summed E-state index contributed by atoms with van der Waals surface area (Å²) in [5.74, 6) is 0. The SMILES string of the molecule is CCCc1ccc(CCc2cc(=O)c(=O)[nH][nH]2)cc1. The second-order valence-electron chi connectivity index (χ2n) is 4.68. The number of benzene rings is 1. The first-order valence-electron chi connectivity index (χ1n) is 6.57. The molecule has 0 aliphatic heterocycles. The van der Waals surface area contributed by atoms with Crippen molar-refractivity contribution in [3.63, 3.8) is 0 Å². The summed E-state index contributed by atoms with van der Waals surface area (Å²) in [6.45, 7) is 2.17. The van der Waals surface area contributed by atoms with Crippen LogP contribution in [0.25, 0.3) is 0 Å². The lowest BCUT2D eigenvalue weighted by Crippen LogP contribution is -2.27. The monoisotopic (exact) mass is 258 g/mol. The maximum absolute atomic E-state index is 11.2. The van der Waals surface area contributed by atoms with Crippen molar-refractivity contribution >= 4 is 0 Å². The van der Waals surface area contributed by atoms with Gasteiger partial charge in [-0.3, -0.25) is 14.7 Å². The molecule has 0 unspecified atom stereocenters. The standard InChI is InChI=1S/C15H18N2O2/c1-2-3-11-4-6-12(7-5-11)8-9-13-10-14(18)15(19)17-16-13/h4-7,10H,2-3,8-9H2,1H3,(H,16,18)(H,17,19). The number of aromatic nitrogens is 2. The van der Waals surface area contributed by atoms with E-state index in [2.05, 4.69) is 41.4 Å². The first-order valence-corrected chi connectivity index (χ1v) is 6.57. The normalized spacial score (nSPS) is 10.6. The summed E-state index contributed by atoms with van der Waals surface area (Å²) in [6, 6.07) is 9.90. The molecule has 2 rings (SSSR count). The first-order chi connectivity index (χ1) is 9.19. The van der Waals surface area contributed by atoms with Crippen LogP contribution < -0.4 is 11.0 Å². The van der Waals surface area contributed by atoms with Gasteiger partial charge in [0, 0.05) is 11.8 Å². The van der Waals surface area contributed by atoms with Crippen molar-refractivity contribution in [3.05, 3.63) is 67.7 Å². The Hall–Kier alpha value is -2.10. The molecule has 1 aromatic carbocycles. The van der Waals surface area contributed by atoms with Crippen LogP contribution in [0.15, 0.2) is 39.9 Å². The third-order valence-electron chi connectivity index (χ3n) is 3.11. The van der Waals surface area contributed by atoms with Crippen molar-refractivity contribution in [2.75, 3.05) is 0 Å². The predicted octanol–water partition coefficient (Wildman–Crippen LogP) is 1.80. The Kier molecular flexibility index (Phi) is 4.34. The van der Waals surface area contributed by atoms with Crippen LogP contribution in [0.4, 0.5) is 0 Å². The number of aromatic amines is 2. The molecule has 0 aliphatic carbocycles. The molecule has 100 valence electrons. The Morgan fingerprint density at radius 3 is 2.11 bits per heavy atom. The molecule has 1 heterocycles. The fourth-order valence-electron chi connectivity index (χ4n) is 2.03. The summed E-state index contributed by atoms with van der Waals surface area (Å²) in [5.41, 5.74) is 2.23. The molecule has 19 heavy (non-hydrogen) atoms. The summed E-state index contributed by atoms with van der Waals surface area (Å²) in [4.78, 5) is 22.1. The molecule has 0 saturated carbocycles. The van der Waals surface area contributed by atoms with Crippen LogP contribution in [0.1, 0.15) is 30.2 Å². The van der Waals surface area contributed by atoms with Crippen molar-refractivity contribution in [2.24, 2.45) is 0 Å². The van der Waals surface area contributed by atoms with E-state index in [-0.39, 0.29) is 0 Å². The maximum Gasteiger partial charge on any atom is 0.310 e. The van der Waals surface area contributed by atoms with Crippen LogP contribution in [0, 0.1) is 0 Å². The Morgan fingerprint density at radius 1 is 0.895 bits per heavy atom. The van der Waals surface area contributed by atoms with E-state index >= 15 is 0 Å². The van der Waals surface area contributed by atoms with Crippen LogP contribution in [-0.4, -0.2) is 10.2 Å². The van der Waals surface area contributed by atoms with E-state index in [1.54, 1.807) is 0 Å². The highest BCUT2D eigenvalue weighted by atomic mass is 16.2. The lowest BCUT2D eigenvalue weighted by atomic mass is 10.0. The lowest BCUT2D eigenvalue weighted by Gasteiger charge is -2.04. The highest BCUT2D eigenvalue weighted by Gasteiger charge is 2.00. The van der Waals surface area contributed by atoms with Crippen LogP contribution >= 0.6 is 0 Å². The van der Waals surface area contributed by atoms with Crippen molar-refractivity contribution in [2.45, 2.75) is 32.6 Å². The smallest absolute Gasteiger partial charge is 0.302 e. The highest BCUT2D eigenvalue weighted by Crippen LogP contribution is 2.08. The van der Waals surface area contributed by atoms with Gasteiger partial charge in [0.05, 0.1) is 0 Å². The molecule has 2 aromatic rings. The van der Waals surface area contributed by atoms with Gasteiger partial charge in [-0.15, -0.1) is 0 Å². The maximum atomic E-state index is 11.2. The molecule has 2 N–H and O–H groups in total. The molecule has 4 heteroatoms. The average molecular weight is 258 g/mol. The number of aryl methyl sites for hydroxylation is 3. The van der Waals surface area contributed by atoms with Gasteiger partial charge >= 0.3 is 5.56 Å². The number of nitrogens with one attached hydrogen (secondary N) is 2. The summed E-state index contributed by atoms with van der Waals surface area (Å²) in [6.07, 6.45) is 3.80. The minimum absolute atomic E-state index is 0.493. The molecule has 0 amide bonds. The van der Waals surface area contributed by atoms with Crippen LogP contribution in [0.2, 0.25) is 0 Å². The molecule has 4 nitrogen and oxygen atoms in total. The number of H-pyrrole nitrogens is 2. The second-order valence-corrected chi connectivity index (χ2v) is 4.68. The molecule has 0 fully saturated rings. The van der Waals surface area contributed by atoms with Crippen LogP contribution in [0.5, 0.6) is 0 Å². The highest BCUT2D eigenvalue weighted by molar-refractivity contribution is 5.23. The molecule has 0 saturated heterocycles. The molecule has 0 atom stereocenters. The summed E-state index contributed by atoms with van der Waals surface area (Å²) in [7, 11) is 0. The van der Waals surface area contributed by atoms with Gasteiger partial charge in [0.1, 0.15) is 0 Å². The molecular formula is C15H18N2O2. The molecule has 0 aliphatic rings. The van der Waals surface area contributed by atoms with Gasteiger partial charge in [0.15, 0.2) is 0 Å². The number of rotatable bonds is 5. The molecule has 0 spiro atoms. The van der Waals surface area contributed by atoms with Gasteiger partial charge in [-0.05, 0) is 30.4 Å². The van der Waals surface area contributed by atoms with Gasteiger partial charge in [0.2, 0.25) is 5.43 Å². The Balaban J connectivity index is 1.99. The summed E-state index contributed by atoms with van der Waals surface area (Å²) in [5, 5.41) is 5.08.